The zero-order valence-electron chi connectivity index (χ0n) is 13.7. The lowest BCUT2D eigenvalue weighted by molar-refractivity contribution is -0.128. The lowest BCUT2D eigenvalue weighted by Crippen LogP contribution is -2.55. The average molecular weight is 421 g/mol. The fourth-order valence-electron chi connectivity index (χ4n) is 2.38. The molecule has 8 heteroatoms. The summed E-state index contributed by atoms with van der Waals surface area (Å²) in [5.74, 6) is -0.268. The van der Waals surface area contributed by atoms with Gasteiger partial charge in [-0.2, -0.15) is 0 Å². The molecule has 1 heterocycles. The molecule has 0 radical (unpaired) electrons. The molecule has 0 bridgehead atoms. The summed E-state index contributed by atoms with van der Waals surface area (Å²) in [5, 5.41) is 8.74. The molecule has 0 saturated carbocycles. The normalized spacial score (nSPS) is 20.0. The van der Waals surface area contributed by atoms with Crippen molar-refractivity contribution in [1.29, 1.82) is 0 Å². The number of ether oxygens (including phenoxy) is 1. The van der Waals surface area contributed by atoms with Crippen molar-refractivity contribution in [1.82, 2.24) is 10.6 Å². The van der Waals surface area contributed by atoms with Crippen LogP contribution in [0.3, 0.4) is 0 Å². The van der Waals surface area contributed by atoms with E-state index in [2.05, 4.69) is 31.9 Å². The summed E-state index contributed by atoms with van der Waals surface area (Å²) in [5.41, 5.74) is 1.76. The standard InChI is InChI=1S/C16H22BrN3O3.ClH/c1-10-3-4-12(17)9-13(10)20-14(21)5-6-19-16(22)15-11(2)23-8-7-18-15;/h3-4,9,11,15,18H,5-8H2,1-2H3,(H,19,22)(H,20,21);1H/t11-,15+;/m1./s1. The fraction of sp³-hybridized carbons (Fsp3) is 0.500. The van der Waals surface area contributed by atoms with Crippen LogP contribution in [0, 0.1) is 6.92 Å². The Hall–Kier alpha value is -1.15. The van der Waals surface area contributed by atoms with Crippen LogP contribution in [0.15, 0.2) is 22.7 Å². The van der Waals surface area contributed by atoms with Crippen molar-refractivity contribution in [2.24, 2.45) is 0 Å². The van der Waals surface area contributed by atoms with Gasteiger partial charge in [-0.1, -0.05) is 22.0 Å². The second-order valence-corrected chi connectivity index (χ2v) is 6.47. The number of carbonyl (C=O) groups excluding carboxylic acids is 2. The van der Waals surface area contributed by atoms with Crippen LogP contribution in [-0.4, -0.2) is 43.7 Å². The van der Waals surface area contributed by atoms with E-state index >= 15 is 0 Å². The molecule has 2 atom stereocenters. The van der Waals surface area contributed by atoms with Gasteiger partial charge in [0.05, 0.1) is 12.7 Å². The van der Waals surface area contributed by atoms with E-state index in [1.165, 1.54) is 0 Å². The lowest BCUT2D eigenvalue weighted by atomic mass is 10.1. The van der Waals surface area contributed by atoms with Crippen molar-refractivity contribution >= 4 is 45.8 Å². The van der Waals surface area contributed by atoms with Crippen LogP contribution in [0.25, 0.3) is 0 Å². The maximum atomic E-state index is 12.1. The highest BCUT2D eigenvalue weighted by atomic mass is 79.9. The minimum Gasteiger partial charge on any atom is -0.375 e. The van der Waals surface area contributed by atoms with Gasteiger partial charge in [0.1, 0.15) is 6.04 Å². The summed E-state index contributed by atoms with van der Waals surface area (Å²) in [6.45, 7) is 5.35. The van der Waals surface area contributed by atoms with Crippen LogP contribution in [0.4, 0.5) is 5.69 Å². The minimum atomic E-state index is -0.362. The predicted molar refractivity (Wildman–Crippen MR) is 99.6 cm³/mol. The molecule has 1 aromatic carbocycles. The Kier molecular flexibility index (Phi) is 8.69. The van der Waals surface area contributed by atoms with E-state index in [1.807, 2.05) is 32.0 Å². The molecule has 0 spiro atoms. The molecule has 1 aromatic rings. The molecule has 134 valence electrons. The number of morpholine rings is 1. The summed E-state index contributed by atoms with van der Waals surface area (Å²) in [6, 6.07) is 5.35. The average Bonchev–Trinajstić information content (AvgIpc) is 2.51. The van der Waals surface area contributed by atoms with E-state index in [1.54, 1.807) is 0 Å². The summed E-state index contributed by atoms with van der Waals surface area (Å²) >= 11 is 3.38. The summed E-state index contributed by atoms with van der Waals surface area (Å²) in [6.07, 6.45) is 0.0570. The third-order valence-electron chi connectivity index (χ3n) is 3.72. The van der Waals surface area contributed by atoms with Crippen molar-refractivity contribution in [3.8, 4) is 0 Å². The fourth-order valence-corrected chi connectivity index (χ4v) is 2.74. The minimum absolute atomic E-state index is 0. The number of carbonyl (C=O) groups is 2. The summed E-state index contributed by atoms with van der Waals surface area (Å²) < 4.78 is 6.34. The van der Waals surface area contributed by atoms with Gasteiger partial charge in [0, 0.05) is 29.7 Å². The van der Waals surface area contributed by atoms with Crippen LogP contribution in [0.2, 0.25) is 0 Å². The Balaban J connectivity index is 0.00000288. The Morgan fingerprint density at radius 1 is 1.42 bits per heavy atom. The molecule has 6 nitrogen and oxygen atoms in total. The third-order valence-corrected chi connectivity index (χ3v) is 4.22. The van der Waals surface area contributed by atoms with Crippen molar-refractivity contribution in [3.63, 3.8) is 0 Å². The number of hydrogen-bond acceptors (Lipinski definition) is 4. The van der Waals surface area contributed by atoms with Crippen molar-refractivity contribution in [3.05, 3.63) is 28.2 Å². The molecular formula is C16H23BrClN3O3. The van der Waals surface area contributed by atoms with E-state index in [4.69, 9.17) is 4.74 Å². The van der Waals surface area contributed by atoms with Gasteiger partial charge in [0.25, 0.3) is 0 Å². The Morgan fingerprint density at radius 3 is 2.88 bits per heavy atom. The van der Waals surface area contributed by atoms with Gasteiger partial charge in [0.15, 0.2) is 0 Å². The number of amides is 2. The molecule has 24 heavy (non-hydrogen) atoms. The molecule has 0 aromatic heterocycles. The second kappa shape index (κ2) is 9.98. The molecular weight excluding hydrogens is 398 g/mol. The highest BCUT2D eigenvalue weighted by Crippen LogP contribution is 2.20. The molecule has 2 rings (SSSR count). The third kappa shape index (κ3) is 6.05. The first-order chi connectivity index (χ1) is 11.0. The SMILES string of the molecule is Cc1ccc(Br)cc1NC(=O)CCNC(=O)[C@H]1NCCO[C@@H]1C.Cl. The molecule has 1 aliphatic rings. The molecule has 3 N–H and O–H groups in total. The van der Waals surface area contributed by atoms with Gasteiger partial charge in [-0.3, -0.25) is 9.59 Å². The van der Waals surface area contributed by atoms with Crippen molar-refractivity contribution in [2.75, 3.05) is 25.0 Å². The number of anilines is 1. The first-order valence-corrected chi connectivity index (χ1v) is 8.45. The zero-order chi connectivity index (χ0) is 16.8. The highest BCUT2D eigenvalue weighted by molar-refractivity contribution is 9.10. The van der Waals surface area contributed by atoms with Gasteiger partial charge in [0.2, 0.25) is 11.8 Å². The van der Waals surface area contributed by atoms with E-state index in [0.29, 0.717) is 19.7 Å². The van der Waals surface area contributed by atoms with Crippen LogP contribution in [0.5, 0.6) is 0 Å². The van der Waals surface area contributed by atoms with Crippen LogP contribution in [-0.2, 0) is 14.3 Å². The molecule has 0 unspecified atom stereocenters. The smallest absolute Gasteiger partial charge is 0.239 e. The van der Waals surface area contributed by atoms with E-state index in [-0.39, 0.29) is 42.8 Å². The topological polar surface area (TPSA) is 79.5 Å². The highest BCUT2D eigenvalue weighted by Gasteiger charge is 2.27. The molecule has 1 fully saturated rings. The maximum absolute atomic E-state index is 12.1. The van der Waals surface area contributed by atoms with Gasteiger partial charge < -0.3 is 20.7 Å². The van der Waals surface area contributed by atoms with Crippen molar-refractivity contribution in [2.45, 2.75) is 32.4 Å². The zero-order valence-corrected chi connectivity index (χ0v) is 16.1. The van der Waals surface area contributed by atoms with Crippen LogP contribution < -0.4 is 16.0 Å². The van der Waals surface area contributed by atoms with Gasteiger partial charge in [-0.25, -0.2) is 0 Å². The number of hydrogen-bond donors (Lipinski definition) is 3. The number of benzene rings is 1. The number of halogens is 2. The summed E-state index contributed by atoms with van der Waals surface area (Å²) in [7, 11) is 0. The second-order valence-electron chi connectivity index (χ2n) is 5.56. The van der Waals surface area contributed by atoms with Gasteiger partial charge >= 0.3 is 0 Å². The van der Waals surface area contributed by atoms with Crippen molar-refractivity contribution < 1.29 is 14.3 Å². The number of rotatable bonds is 5. The van der Waals surface area contributed by atoms with E-state index in [0.717, 1.165) is 15.7 Å². The molecule has 1 saturated heterocycles. The summed E-state index contributed by atoms with van der Waals surface area (Å²) in [4.78, 5) is 24.0. The van der Waals surface area contributed by atoms with Gasteiger partial charge in [-0.05, 0) is 31.5 Å². The van der Waals surface area contributed by atoms with Crippen LogP contribution >= 0.6 is 28.3 Å². The monoisotopic (exact) mass is 419 g/mol. The van der Waals surface area contributed by atoms with E-state index in [9.17, 15) is 9.59 Å². The Labute approximate surface area is 156 Å². The maximum Gasteiger partial charge on any atom is 0.239 e. The number of nitrogens with one attached hydrogen (secondary N) is 3. The molecule has 0 aliphatic carbocycles. The quantitative estimate of drug-likeness (QED) is 0.681. The van der Waals surface area contributed by atoms with E-state index < -0.39 is 0 Å². The lowest BCUT2D eigenvalue weighted by Gasteiger charge is -2.29. The first-order valence-electron chi connectivity index (χ1n) is 7.66. The molecule has 2 amide bonds. The Morgan fingerprint density at radius 2 is 2.17 bits per heavy atom. The van der Waals surface area contributed by atoms with Gasteiger partial charge in [-0.15, -0.1) is 12.4 Å². The predicted octanol–water partition coefficient (Wildman–Crippen LogP) is 2.00. The first kappa shape index (κ1) is 20.9. The Bertz CT molecular complexity index is 586. The number of aryl methyl sites for hydroxylation is 1. The van der Waals surface area contributed by atoms with Crippen LogP contribution in [0.1, 0.15) is 18.9 Å². The molecule has 1 aliphatic heterocycles. The largest absolute Gasteiger partial charge is 0.375 e.